The van der Waals surface area contributed by atoms with Crippen molar-refractivity contribution in [2.75, 3.05) is 5.32 Å². The Morgan fingerprint density at radius 2 is 1.86 bits per heavy atom. The van der Waals surface area contributed by atoms with Gasteiger partial charge in [-0.2, -0.15) is 0 Å². The fourth-order valence-electron chi connectivity index (χ4n) is 3.19. The minimum Gasteiger partial charge on any atom is -0.390 e. The first-order chi connectivity index (χ1) is 10.6. The largest absolute Gasteiger partial charge is 0.390 e. The molecule has 0 radical (unpaired) electrons. The summed E-state index contributed by atoms with van der Waals surface area (Å²) in [6, 6.07) is 8.09. The second-order valence-corrected chi connectivity index (χ2v) is 5.85. The van der Waals surface area contributed by atoms with Gasteiger partial charge in [-0.3, -0.25) is 4.98 Å². The number of anilines is 1. The van der Waals surface area contributed by atoms with Crippen LogP contribution < -0.4 is 5.32 Å². The van der Waals surface area contributed by atoms with Crippen molar-refractivity contribution in [2.45, 2.75) is 52.2 Å². The summed E-state index contributed by atoms with van der Waals surface area (Å²) in [5.74, 6) is 0.811. The van der Waals surface area contributed by atoms with Gasteiger partial charge in [0.1, 0.15) is 5.82 Å². The number of nitrogens with zero attached hydrogens (tertiary/aromatic N) is 2. The van der Waals surface area contributed by atoms with Crippen molar-refractivity contribution in [2.24, 2.45) is 0 Å². The first kappa shape index (κ1) is 15.0. The van der Waals surface area contributed by atoms with Crippen LogP contribution in [0.15, 0.2) is 24.3 Å². The van der Waals surface area contributed by atoms with Gasteiger partial charge in [0.15, 0.2) is 0 Å². The Labute approximate surface area is 131 Å². The van der Waals surface area contributed by atoms with E-state index in [1.165, 1.54) is 5.56 Å². The lowest BCUT2D eigenvalue weighted by Crippen LogP contribution is -2.23. The number of benzene rings is 1. The Kier molecular flexibility index (Phi) is 4.12. The molecule has 0 saturated carbocycles. The molecule has 1 aliphatic carbocycles. The summed E-state index contributed by atoms with van der Waals surface area (Å²) in [5, 5.41) is 13.9. The van der Waals surface area contributed by atoms with Crippen molar-refractivity contribution >= 4 is 5.82 Å². The molecule has 0 spiro atoms. The van der Waals surface area contributed by atoms with Crippen LogP contribution in [-0.2, 0) is 19.3 Å². The van der Waals surface area contributed by atoms with E-state index in [1.54, 1.807) is 0 Å². The Hall–Kier alpha value is -1.94. The highest BCUT2D eigenvalue weighted by atomic mass is 16.3. The molecule has 1 aromatic heterocycles. The van der Waals surface area contributed by atoms with Crippen LogP contribution in [0.4, 0.5) is 5.82 Å². The van der Waals surface area contributed by atoms with Crippen LogP contribution in [0, 0.1) is 6.92 Å². The first-order valence-electron chi connectivity index (χ1n) is 8.02. The van der Waals surface area contributed by atoms with Gasteiger partial charge in [-0.25, -0.2) is 4.98 Å². The zero-order valence-corrected chi connectivity index (χ0v) is 13.4. The molecular weight excluding hydrogens is 274 g/mol. The molecule has 2 unspecified atom stereocenters. The summed E-state index contributed by atoms with van der Waals surface area (Å²) in [6.45, 7) is 6.18. The van der Waals surface area contributed by atoms with Gasteiger partial charge >= 0.3 is 0 Å². The number of aliphatic hydroxyl groups is 1. The summed E-state index contributed by atoms with van der Waals surface area (Å²) in [5.41, 5.74) is 5.35. The molecule has 2 atom stereocenters. The van der Waals surface area contributed by atoms with E-state index in [4.69, 9.17) is 4.98 Å². The fourth-order valence-corrected chi connectivity index (χ4v) is 3.19. The molecule has 0 amide bonds. The Morgan fingerprint density at radius 1 is 1.14 bits per heavy atom. The average molecular weight is 297 g/mol. The van der Waals surface area contributed by atoms with Crippen LogP contribution in [0.5, 0.6) is 0 Å². The zero-order valence-electron chi connectivity index (χ0n) is 13.4. The maximum Gasteiger partial charge on any atom is 0.148 e. The van der Waals surface area contributed by atoms with Crippen LogP contribution >= 0.6 is 0 Å². The standard InChI is InChI=1S/C18H23N3O/c1-4-14-11(3)19-15(5-2)18(20-14)21-17-13-9-7-6-8-12(13)10-16(17)22/h6-9,16-17,22H,4-5,10H2,1-3H3,(H,20,21). The van der Waals surface area contributed by atoms with Crippen molar-refractivity contribution in [3.05, 3.63) is 52.5 Å². The van der Waals surface area contributed by atoms with Crippen LogP contribution in [0.25, 0.3) is 0 Å². The quantitative estimate of drug-likeness (QED) is 0.911. The fraction of sp³-hybridized carbons (Fsp3) is 0.444. The number of fused-ring (bicyclic) bond motifs is 1. The molecular formula is C18H23N3O. The first-order valence-corrected chi connectivity index (χ1v) is 8.02. The SMILES string of the molecule is CCc1nc(NC2c3ccccc3CC2O)c(CC)nc1C. The lowest BCUT2D eigenvalue weighted by atomic mass is 10.1. The van der Waals surface area contributed by atoms with Crippen molar-refractivity contribution in [3.63, 3.8) is 0 Å². The van der Waals surface area contributed by atoms with Gasteiger partial charge in [-0.05, 0) is 30.9 Å². The molecule has 0 fully saturated rings. The molecule has 0 aliphatic heterocycles. The summed E-state index contributed by atoms with van der Waals surface area (Å²) in [6.07, 6.45) is 1.96. The molecule has 4 nitrogen and oxygen atoms in total. The molecule has 2 N–H and O–H groups in total. The number of aliphatic hydroxyl groups excluding tert-OH is 1. The normalized spacial score (nSPS) is 20.0. The summed E-state index contributed by atoms with van der Waals surface area (Å²) in [4.78, 5) is 9.43. The van der Waals surface area contributed by atoms with Crippen LogP contribution in [-0.4, -0.2) is 21.2 Å². The van der Waals surface area contributed by atoms with Crippen LogP contribution in [0.2, 0.25) is 0 Å². The molecule has 2 aromatic rings. The second kappa shape index (κ2) is 6.05. The highest BCUT2D eigenvalue weighted by Crippen LogP contribution is 2.34. The number of hydrogen-bond acceptors (Lipinski definition) is 4. The second-order valence-electron chi connectivity index (χ2n) is 5.85. The molecule has 22 heavy (non-hydrogen) atoms. The van der Waals surface area contributed by atoms with Crippen molar-refractivity contribution in [1.29, 1.82) is 0 Å². The highest BCUT2D eigenvalue weighted by molar-refractivity contribution is 5.48. The highest BCUT2D eigenvalue weighted by Gasteiger charge is 2.31. The number of aromatic nitrogens is 2. The maximum absolute atomic E-state index is 10.4. The number of rotatable bonds is 4. The van der Waals surface area contributed by atoms with Gasteiger partial charge in [0.25, 0.3) is 0 Å². The minimum absolute atomic E-state index is 0.108. The Morgan fingerprint density at radius 3 is 2.59 bits per heavy atom. The third-order valence-corrected chi connectivity index (χ3v) is 4.41. The van der Waals surface area contributed by atoms with Gasteiger partial charge in [0.2, 0.25) is 0 Å². The zero-order chi connectivity index (χ0) is 15.7. The molecule has 3 rings (SSSR count). The van der Waals surface area contributed by atoms with Crippen molar-refractivity contribution in [3.8, 4) is 0 Å². The van der Waals surface area contributed by atoms with Gasteiger partial charge in [-0.15, -0.1) is 0 Å². The monoisotopic (exact) mass is 297 g/mol. The third-order valence-electron chi connectivity index (χ3n) is 4.41. The Balaban J connectivity index is 1.96. The number of aryl methyl sites for hydroxylation is 3. The predicted molar refractivity (Wildman–Crippen MR) is 88.0 cm³/mol. The molecule has 1 aliphatic rings. The van der Waals surface area contributed by atoms with Gasteiger partial charge in [0, 0.05) is 6.42 Å². The van der Waals surface area contributed by atoms with Crippen LogP contribution in [0.1, 0.15) is 48.1 Å². The van der Waals surface area contributed by atoms with E-state index in [0.29, 0.717) is 6.42 Å². The topological polar surface area (TPSA) is 58.0 Å². The predicted octanol–water partition coefficient (Wildman–Crippen LogP) is 2.98. The third kappa shape index (κ3) is 2.59. The van der Waals surface area contributed by atoms with E-state index >= 15 is 0 Å². The molecule has 0 saturated heterocycles. The van der Waals surface area contributed by atoms with Gasteiger partial charge < -0.3 is 10.4 Å². The van der Waals surface area contributed by atoms with E-state index in [9.17, 15) is 5.11 Å². The Bertz CT molecular complexity index is 684. The molecule has 4 heteroatoms. The number of hydrogen-bond donors (Lipinski definition) is 2. The molecule has 1 aromatic carbocycles. The van der Waals surface area contributed by atoms with E-state index in [0.717, 1.165) is 41.3 Å². The summed E-state index contributed by atoms with van der Waals surface area (Å²) >= 11 is 0. The van der Waals surface area contributed by atoms with E-state index < -0.39 is 6.10 Å². The van der Waals surface area contributed by atoms with Crippen molar-refractivity contribution < 1.29 is 5.11 Å². The van der Waals surface area contributed by atoms with E-state index in [2.05, 4.69) is 36.3 Å². The van der Waals surface area contributed by atoms with E-state index in [1.807, 2.05) is 19.1 Å². The maximum atomic E-state index is 10.4. The smallest absolute Gasteiger partial charge is 0.148 e. The van der Waals surface area contributed by atoms with Gasteiger partial charge in [0.05, 0.1) is 29.2 Å². The average Bonchev–Trinajstić information content (AvgIpc) is 2.84. The van der Waals surface area contributed by atoms with Crippen LogP contribution in [0.3, 0.4) is 0 Å². The summed E-state index contributed by atoms with van der Waals surface area (Å²) < 4.78 is 0. The molecule has 1 heterocycles. The van der Waals surface area contributed by atoms with E-state index in [-0.39, 0.29) is 6.04 Å². The van der Waals surface area contributed by atoms with Crippen molar-refractivity contribution in [1.82, 2.24) is 9.97 Å². The molecule has 0 bridgehead atoms. The number of nitrogens with one attached hydrogen (secondary N) is 1. The lowest BCUT2D eigenvalue weighted by Gasteiger charge is -2.21. The minimum atomic E-state index is -0.421. The van der Waals surface area contributed by atoms with Gasteiger partial charge in [-0.1, -0.05) is 38.1 Å². The molecule has 116 valence electrons. The lowest BCUT2D eigenvalue weighted by molar-refractivity contribution is 0.165. The summed E-state index contributed by atoms with van der Waals surface area (Å²) in [7, 11) is 0.